The monoisotopic (exact) mass is 1250 g/mol. The number of hydrogen-bond acceptors (Lipinski definition) is 9. The lowest BCUT2D eigenvalue weighted by atomic mass is 9.88. The molecule has 86 heavy (non-hydrogen) atoms. The first-order chi connectivity index (χ1) is 41.9. The molecular formula is C76H116N2O4S4. The standard InChI is InChI=1S/C76H116N2O4S4/c1-11-19-25-29-33-37-43-57(44-38-34-30-26-20-12-2)78-75(81)65-66(76(78)82)74(73-64-63(54(10)84-73)68(79)67(69(64)80)77(49-39-35-31-27-21-13-3)50-40-36-32-28-22-14-4)86-72(65)62-52-61-59(48-46-56(18-8)42-24-16-6)70-60(51-53(9)83-70)58(71(61)85-62)47-45-55(17-7)41-23-15-5/h51-52,55-57,67H,11-50H2,1-10H3. The zero-order chi connectivity index (χ0) is 61.5. The van der Waals surface area contributed by atoms with Crippen molar-refractivity contribution in [1.82, 2.24) is 9.80 Å². The van der Waals surface area contributed by atoms with Gasteiger partial charge in [-0.3, -0.25) is 29.0 Å². The lowest BCUT2D eigenvalue weighted by molar-refractivity contribution is 0.0561. The molecule has 0 saturated heterocycles. The van der Waals surface area contributed by atoms with Crippen molar-refractivity contribution in [2.45, 2.75) is 325 Å². The maximum atomic E-state index is 16.0. The van der Waals surface area contributed by atoms with Crippen LogP contribution in [-0.4, -0.2) is 58.4 Å². The summed E-state index contributed by atoms with van der Waals surface area (Å²) in [4.78, 5) is 72.3. The molecule has 1 aliphatic heterocycles. The second kappa shape index (κ2) is 36.7. The van der Waals surface area contributed by atoms with Gasteiger partial charge in [0.15, 0.2) is 11.6 Å². The summed E-state index contributed by atoms with van der Waals surface area (Å²) >= 11 is 6.88. The Bertz CT molecular complexity index is 2810. The Labute approximate surface area is 539 Å². The van der Waals surface area contributed by atoms with Crippen molar-refractivity contribution >= 4 is 88.9 Å². The number of nitrogens with zero attached hydrogens (tertiary/aromatic N) is 2. The van der Waals surface area contributed by atoms with Crippen LogP contribution >= 0.6 is 45.3 Å². The molecule has 0 N–H and O–H groups in total. The number of thiophene rings is 4. The van der Waals surface area contributed by atoms with Crippen LogP contribution in [0.4, 0.5) is 0 Å². The third-order valence-electron chi connectivity index (χ3n) is 19.9. The van der Waals surface area contributed by atoms with E-state index in [1.807, 2.05) is 29.6 Å². The lowest BCUT2D eigenvalue weighted by Crippen LogP contribution is -2.44. The fourth-order valence-electron chi connectivity index (χ4n) is 14.5. The number of imide groups is 1. The molecule has 0 radical (unpaired) electrons. The molecule has 478 valence electrons. The van der Waals surface area contributed by atoms with E-state index in [1.54, 1.807) is 16.2 Å². The molecule has 10 heteroatoms. The van der Waals surface area contributed by atoms with Crippen molar-refractivity contribution in [2.75, 3.05) is 13.1 Å². The molecule has 3 atom stereocenters. The fourth-order valence-corrected chi connectivity index (χ4v) is 19.6. The van der Waals surface area contributed by atoms with Crippen LogP contribution < -0.4 is 0 Å². The fraction of sp³-hybridized carbons (Fsp3) is 0.711. The van der Waals surface area contributed by atoms with Gasteiger partial charge in [-0.2, -0.15) is 0 Å². The van der Waals surface area contributed by atoms with E-state index in [4.69, 9.17) is 0 Å². The molecule has 6 nitrogen and oxygen atoms in total. The molecular weight excluding hydrogens is 1130 g/mol. The number of rotatable bonds is 46. The summed E-state index contributed by atoms with van der Waals surface area (Å²) in [5.74, 6) is 0.810. The summed E-state index contributed by atoms with van der Waals surface area (Å²) < 4.78 is 2.79. The summed E-state index contributed by atoms with van der Waals surface area (Å²) in [5.41, 5.74) is 4.98. The Morgan fingerprint density at radius 3 is 1.33 bits per heavy atom. The molecule has 3 unspecified atom stereocenters. The molecule has 0 fully saturated rings. The number of amides is 2. The van der Waals surface area contributed by atoms with Crippen LogP contribution in [0.25, 0.3) is 39.7 Å². The van der Waals surface area contributed by atoms with Crippen LogP contribution in [0.3, 0.4) is 0 Å². The molecule has 1 aromatic carbocycles. The maximum absolute atomic E-state index is 16.0. The van der Waals surface area contributed by atoms with Crippen molar-refractivity contribution in [3.8, 4) is 19.5 Å². The van der Waals surface area contributed by atoms with Crippen molar-refractivity contribution in [1.29, 1.82) is 0 Å². The van der Waals surface area contributed by atoms with Gasteiger partial charge in [-0.05, 0) is 124 Å². The smallest absolute Gasteiger partial charge is 0.263 e. The normalized spacial score (nSPS) is 15.2. The first-order valence-corrected chi connectivity index (χ1v) is 39.2. The van der Waals surface area contributed by atoms with Gasteiger partial charge in [-0.1, -0.05) is 248 Å². The van der Waals surface area contributed by atoms with E-state index >= 15 is 19.2 Å². The largest absolute Gasteiger partial charge is 0.292 e. The molecule has 4 aromatic heterocycles. The van der Waals surface area contributed by atoms with Crippen molar-refractivity contribution in [2.24, 2.45) is 11.8 Å². The maximum Gasteiger partial charge on any atom is 0.263 e. The number of carbonyl (C=O) groups is 4. The highest BCUT2D eigenvalue weighted by Crippen LogP contribution is 2.55. The molecule has 1 aliphatic carbocycles. The van der Waals surface area contributed by atoms with E-state index in [2.05, 4.69) is 79.3 Å². The summed E-state index contributed by atoms with van der Waals surface area (Å²) in [7, 11) is 0. The second-order valence-corrected chi connectivity index (χ2v) is 31.1. The van der Waals surface area contributed by atoms with Crippen molar-refractivity contribution < 1.29 is 19.2 Å². The van der Waals surface area contributed by atoms with E-state index in [9.17, 15) is 0 Å². The Hall–Kier alpha value is -3.02. The van der Waals surface area contributed by atoms with Gasteiger partial charge in [0.25, 0.3) is 11.8 Å². The average molecular weight is 1250 g/mol. The topological polar surface area (TPSA) is 74.8 Å². The molecule has 5 heterocycles. The van der Waals surface area contributed by atoms with Crippen molar-refractivity contribution in [3.63, 3.8) is 0 Å². The summed E-state index contributed by atoms with van der Waals surface area (Å²) in [5, 5.41) is 2.75. The molecule has 7 rings (SSSR count). The predicted molar refractivity (Wildman–Crippen MR) is 378 cm³/mol. The number of benzene rings is 1. The predicted octanol–water partition coefficient (Wildman–Crippen LogP) is 24.7. The second-order valence-electron chi connectivity index (χ2n) is 26.5. The number of fused-ring (bicyclic) bond motifs is 4. The number of ketones is 2. The first-order valence-electron chi connectivity index (χ1n) is 35.9. The highest BCUT2D eigenvalue weighted by atomic mass is 32.1. The SMILES string of the molecule is CCCCCCCCC(CCCCCCCC)N1C(=O)c2c(-c3cc4c(CCC(CC)CCCC)c5sc(C)cc5c(CCC(CC)CCCC)c4s3)sc(-c3sc(C)c4c3C(=O)C(N(CCCCCCCC)CCCCCCCC)C4=O)c2C1=O. The quantitative estimate of drug-likeness (QED) is 0.0220. The van der Waals surface area contributed by atoms with E-state index in [0.29, 0.717) is 34.1 Å². The molecule has 2 aliphatic rings. The van der Waals surface area contributed by atoms with Gasteiger partial charge in [-0.25, -0.2) is 0 Å². The van der Waals surface area contributed by atoms with E-state index < -0.39 is 6.04 Å². The zero-order valence-electron chi connectivity index (χ0n) is 55.9. The number of carbonyl (C=O) groups excluding carboxylic acids is 4. The first kappa shape index (κ1) is 70.4. The van der Waals surface area contributed by atoms with Gasteiger partial charge in [0, 0.05) is 35.6 Å². The highest BCUT2D eigenvalue weighted by Gasteiger charge is 2.50. The van der Waals surface area contributed by atoms with Gasteiger partial charge >= 0.3 is 0 Å². The Morgan fingerprint density at radius 1 is 0.419 bits per heavy atom. The van der Waals surface area contributed by atoms with Crippen LogP contribution in [0.15, 0.2) is 12.1 Å². The molecule has 0 spiro atoms. The van der Waals surface area contributed by atoms with Gasteiger partial charge in [0.05, 0.1) is 31.3 Å². The Morgan fingerprint density at radius 2 is 0.837 bits per heavy atom. The van der Waals surface area contributed by atoms with Gasteiger partial charge in [0.2, 0.25) is 0 Å². The third kappa shape index (κ3) is 17.7. The number of hydrogen-bond donors (Lipinski definition) is 0. The van der Waals surface area contributed by atoms with Crippen LogP contribution in [0, 0.1) is 25.7 Å². The average Bonchev–Trinajstić information content (AvgIpc) is 1.77. The minimum absolute atomic E-state index is 0.0721. The van der Waals surface area contributed by atoms with E-state index in [-0.39, 0.29) is 29.4 Å². The van der Waals surface area contributed by atoms with Crippen LogP contribution in [0.1, 0.15) is 349 Å². The number of Topliss-reactive ketones (excluding diaryl/α,β-unsaturated/α-hetero) is 2. The Balaban J connectivity index is 1.39. The van der Waals surface area contributed by atoms with Crippen LogP contribution in [0.2, 0.25) is 0 Å². The van der Waals surface area contributed by atoms with Crippen LogP contribution in [-0.2, 0) is 12.8 Å². The number of aryl methyl sites for hydroxylation is 4. The minimum atomic E-state index is -0.849. The summed E-state index contributed by atoms with van der Waals surface area (Å²) in [6, 6.07) is 3.87. The Kier molecular flexibility index (Phi) is 30.1. The van der Waals surface area contributed by atoms with Gasteiger partial charge < -0.3 is 0 Å². The molecule has 2 amide bonds. The van der Waals surface area contributed by atoms with Crippen LogP contribution in [0.5, 0.6) is 0 Å². The minimum Gasteiger partial charge on any atom is -0.292 e. The van der Waals surface area contributed by atoms with E-state index in [1.165, 1.54) is 202 Å². The van der Waals surface area contributed by atoms with Gasteiger partial charge in [0.1, 0.15) is 6.04 Å². The van der Waals surface area contributed by atoms with Gasteiger partial charge in [-0.15, -0.1) is 45.3 Å². The summed E-state index contributed by atoms with van der Waals surface area (Å²) in [6.45, 7) is 24.1. The summed E-state index contributed by atoms with van der Waals surface area (Å²) in [6.07, 6.45) is 43.5. The highest BCUT2D eigenvalue weighted by molar-refractivity contribution is 7.29. The van der Waals surface area contributed by atoms with Crippen molar-refractivity contribution in [3.05, 3.63) is 55.3 Å². The third-order valence-corrected chi connectivity index (χ3v) is 24.8. The zero-order valence-corrected chi connectivity index (χ0v) is 59.2. The molecule has 0 saturated carbocycles. The molecule has 0 bridgehead atoms. The lowest BCUT2D eigenvalue weighted by Gasteiger charge is -2.27. The molecule has 5 aromatic rings. The van der Waals surface area contributed by atoms with E-state index in [0.717, 1.165) is 127 Å². The number of unbranched alkanes of at least 4 members (excludes halogenated alkanes) is 22.